The molecule has 1 aliphatic rings. The number of hydrogen-bond donors (Lipinski definition) is 1. The Balaban J connectivity index is 0.00000193. The van der Waals surface area contributed by atoms with Crippen molar-refractivity contribution in [2.24, 2.45) is 0 Å². The van der Waals surface area contributed by atoms with E-state index in [1.807, 2.05) is 24.3 Å². The number of aliphatic hydroxyl groups is 1. The number of likely N-dealkylation sites (N-methyl/N-ethyl adjacent to an activating group) is 1. The van der Waals surface area contributed by atoms with Crippen LogP contribution in [0.15, 0.2) is 54.6 Å². The van der Waals surface area contributed by atoms with Gasteiger partial charge in [0.25, 0.3) is 0 Å². The number of pyridine rings is 1. The van der Waals surface area contributed by atoms with Crippen LogP contribution >= 0.6 is 24.8 Å². The fourth-order valence-electron chi connectivity index (χ4n) is 4.00. The first kappa shape index (κ1) is 27.2. The van der Waals surface area contributed by atoms with Crippen LogP contribution in [0.1, 0.15) is 6.92 Å². The highest BCUT2D eigenvalue weighted by atomic mass is 35.5. The maximum atomic E-state index is 9.76. The van der Waals surface area contributed by atoms with Crippen molar-refractivity contribution in [2.45, 2.75) is 13.0 Å². The van der Waals surface area contributed by atoms with Gasteiger partial charge in [0, 0.05) is 44.2 Å². The van der Waals surface area contributed by atoms with Crippen molar-refractivity contribution >= 4 is 41.4 Å². The number of piperazine rings is 1. The smallest absolute Gasteiger partial charge is 0.137 e. The fourth-order valence-corrected chi connectivity index (χ4v) is 4.00. The largest absolute Gasteiger partial charge is 0.491 e. The second-order valence-corrected chi connectivity index (χ2v) is 7.92. The van der Waals surface area contributed by atoms with Gasteiger partial charge in [-0.1, -0.05) is 31.2 Å². The Bertz CT molecular complexity index is 996. The molecular weight excluding hydrogens is 461 g/mol. The van der Waals surface area contributed by atoms with E-state index >= 15 is 0 Å². The molecule has 1 N–H and O–H groups in total. The number of benzene rings is 2. The topological polar surface area (TPSA) is 58.1 Å². The van der Waals surface area contributed by atoms with Crippen molar-refractivity contribution in [1.82, 2.24) is 9.88 Å². The van der Waals surface area contributed by atoms with E-state index in [2.05, 4.69) is 47.1 Å². The second-order valence-electron chi connectivity index (χ2n) is 7.92. The summed E-state index contributed by atoms with van der Waals surface area (Å²) >= 11 is 0. The number of aromatic nitrogens is 1. The summed E-state index contributed by atoms with van der Waals surface area (Å²) in [4.78, 5) is 9.97. The van der Waals surface area contributed by atoms with Crippen molar-refractivity contribution in [1.29, 1.82) is 0 Å². The van der Waals surface area contributed by atoms with Crippen molar-refractivity contribution < 1.29 is 14.6 Å². The Kier molecular flexibility index (Phi) is 10.7. The number of methoxy groups -OCH3 is 1. The van der Waals surface area contributed by atoms with Crippen molar-refractivity contribution in [3.8, 4) is 17.0 Å². The molecule has 1 aromatic heterocycles. The third-order valence-corrected chi connectivity index (χ3v) is 5.79. The highest BCUT2D eigenvalue weighted by molar-refractivity contribution is 5.95. The highest BCUT2D eigenvalue weighted by Gasteiger charge is 2.19. The Labute approximate surface area is 208 Å². The quantitative estimate of drug-likeness (QED) is 0.505. The lowest BCUT2D eigenvalue weighted by molar-refractivity contribution is 0.0325. The third kappa shape index (κ3) is 6.71. The molecule has 1 saturated heterocycles. The molecule has 4 rings (SSSR count). The van der Waals surface area contributed by atoms with Gasteiger partial charge < -0.3 is 24.4 Å². The van der Waals surface area contributed by atoms with Crippen LogP contribution in [-0.4, -0.2) is 74.1 Å². The van der Waals surface area contributed by atoms with E-state index in [4.69, 9.17) is 14.5 Å². The maximum Gasteiger partial charge on any atom is 0.137 e. The molecule has 2 aromatic carbocycles. The summed E-state index contributed by atoms with van der Waals surface area (Å²) in [5.41, 5.74) is 2.00. The van der Waals surface area contributed by atoms with Crippen molar-refractivity contribution in [3.63, 3.8) is 0 Å². The number of ether oxygens (including phenoxy) is 2. The van der Waals surface area contributed by atoms with Crippen LogP contribution in [0, 0.1) is 0 Å². The van der Waals surface area contributed by atoms with Gasteiger partial charge in [0.2, 0.25) is 0 Å². The first-order valence-corrected chi connectivity index (χ1v) is 10.9. The molecule has 1 unspecified atom stereocenters. The summed E-state index contributed by atoms with van der Waals surface area (Å²) in [6.07, 6.45) is -0.637. The number of anilines is 1. The average molecular weight is 494 g/mol. The summed E-state index contributed by atoms with van der Waals surface area (Å²) < 4.78 is 10.6. The number of aliphatic hydroxyl groups excluding tert-OH is 1. The van der Waals surface area contributed by atoms with Crippen LogP contribution in [0.25, 0.3) is 22.0 Å². The molecule has 1 fully saturated rings. The van der Waals surface area contributed by atoms with Crippen molar-refractivity contribution in [3.05, 3.63) is 54.6 Å². The number of nitrogens with zero attached hydrogens (tertiary/aromatic N) is 3. The van der Waals surface area contributed by atoms with Gasteiger partial charge in [0.05, 0.1) is 12.3 Å². The maximum absolute atomic E-state index is 9.76. The lowest BCUT2D eigenvalue weighted by Gasteiger charge is -2.35. The van der Waals surface area contributed by atoms with E-state index in [-0.39, 0.29) is 38.0 Å². The monoisotopic (exact) mass is 493 g/mol. The molecule has 6 nitrogen and oxygen atoms in total. The molecule has 0 radical (unpaired) electrons. The molecule has 1 aliphatic heterocycles. The first-order valence-electron chi connectivity index (χ1n) is 10.9. The molecule has 33 heavy (non-hydrogen) atoms. The minimum atomic E-state index is -0.637. The van der Waals surface area contributed by atoms with E-state index in [0.717, 1.165) is 55.5 Å². The van der Waals surface area contributed by atoms with E-state index < -0.39 is 6.10 Å². The predicted molar refractivity (Wildman–Crippen MR) is 139 cm³/mol. The zero-order valence-electron chi connectivity index (χ0n) is 19.1. The molecule has 0 spiro atoms. The molecule has 0 saturated carbocycles. The molecule has 0 amide bonds. The summed E-state index contributed by atoms with van der Waals surface area (Å²) in [7, 11) is 1.56. The molecule has 8 heteroatoms. The predicted octanol–water partition coefficient (Wildman–Crippen LogP) is 4.27. The number of halogens is 2. The number of fused-ring (bicyclic) bond motifs is 1. The van der Waals surface area contributed by atoms with Gasteiger partial charge in [0.15, 0.2) is 0 Å². The van der Waals surface area contributed by atoms with Gasteiger partial charge in [-0.3, -0.25) is 0 Å². The van der Waals surface area contributed by atoms with Crippen LogP contribution in [0.5, 0.6) is 5.75 Å². The standard InChI is InChI=1S/C25H31N3O3.2ClH/c1-3-27-12-14-28(15-13-27)25-23-7-5-4-6-20(23)16-24(26-25)19-8-10-22(11-9-19)31-18-21(29)17-30-2;;/h4-11,16,21,29H,3,12-15,17-18H2,1-2H3;2*1H. The summed E-state index contributed by atoms with van der Waals surface area (Å²) in [6.45, 7) is 7.89. The summed E-state index contributed by atoms with van der Waals surface area (Å²) in [5.74, 6) is 1.78. The molecule has 3 aromatic rings. The summed E-state index contributed by atoms with van der Waals surface area (Å²) in [6, 6.07) is 18.5. The Morgan fingerprint density at radius 2 is 1.67 bits per heavy atom. The minimum absolute atomic E-state index is 0. The Hall–Kier alpha value is -2.09. The van der Waals surface area contributed by atoms with E-state index in [1.165, 1.54) is 10.8 Å². The minimum Gasteiger partial charge on any atom is -0.491 e. The third-order valence-electron chi connectivity index (χ3n) is 5.79. The zero-order valence-corrected chi connectivity index (χ0v) is 20.8. The average Bonchev–Trinajstić information content (AvgIpc) is 2.82. The second kappa shape index (κ2) is 13.0. The molecule has 0 bridgehead atoms. The number of hydrogen-bond acceptors (Lipinski definition) is 6. The van der Waals surface area contributed by atoms with Crippen LogP contribution < -0.4 is 9.64 Å². The fraction of sp³-hybridized carbons (Fsp3) is 0.400. The SMILES string of the molecule is CCN1CCN(c2nc(-c3ccc(OCC(O)COC)cc3)cc3ccccc23)CC1.Cl.Cl. The van der Waals surface area contributed by atoms with E-state index in [1.54, 1.807) is 7.11 Å². The first-order chi connectivity index (χ1) is 15.2. The van der Waals surface area contributed by atoms with Crippen LogP contribution in [0.2, 0.25) is 0 Å². The van der Waals surface area contributed by atoms with E-state index in [0.29, 0.717) is 0 Å². The Morgan fingerprint density at radius 3 is 2.33 bits per heavy atom. The molecule has 1 atom stereocenters. The van der Waals surface area contributed by atoms with Gasteiger partial charge in [-0.25, -0.2) is 4.98 Å². The number of rotatable bonds is 8. The van der Waals surface area contributed by atoms with Crippen LogP contribution in [-0.2, 0) is 4.74 Å². The van der Waals surface area contributed by atoms with Gasteiger partial charge >= 0.3 is 0 Å². The zero-order chi connectivity index (χ0) is 21.6. The lowest BCUT2D eigenvalue weighted by atomic mass is 10.1. The van der Waals surface area contributed by atoms with E-state index in [9.17, 15) is 5.11 Å². The lowest BCUT2D eigenvalue weighted by Crippen LogP contribution is -2.46. The van der Waals surface area contributed by atoms with Gasteiger partial charge in [0.1, 0.15) is 24.3 Å². The van der Waals surface area contributed by atoms with Crippen LogP contribution in [0.3, 0.4) is 0 Å². The molecule has 2 heterocycles. The highest BCUT2D eigenvalue weighted by Crippen LogP contribution is 2.31. The van der Waals surface area contributed by atoms with Crippen LogP contribution in [0.4, 0.5) is 5.82 Å². The van der Waals surface area contributed by atoms with Gasteiger partial charge in [-0.15, -0.1) is 24.8 Å². The van der Waals surface area contributed by atoms with Gasteiger partial charge in [-0.2, -0.15) is 0 Å². The normalized spacial score (nSPS) is 14.9. The molecular formula is C25H33Cl2N3O3. The van der Waals surface area contributed by atoms with Gasteiger partial charge in [-0.05, 0) is 42.3 Å². The Morgan fingerprint density at radius 1 is 0.970 bits per heavy atom. The molecule has 0 aliphatic carbocycles. The molecule has 180 valence electrons. The summed E-state index contributed by atoms with van der Waals surface area (Å²) in [5, 5.41) is 12.2. The van der Waals surface area contributed by atoms with Crippen molar-refractivity contribution in [2.75, 3.05) is 57.9 Å².